The number of fused-ring (bicyclic) bond motifs is 3. The number of nitrogens with zero attached hydrogens (tertiary/aromatic N) is 3. The maximum absolute atomic E-state index is 15.1. The van der Waals surface area contributed by atoms with Crippen LogP contribution in [-0.4, -0.2) is 61.4 Å². The molecule has 1 saturated carbocycles. The van der Waals surface area contributed by atoms with Crippen LogP contribution in [0.1, 0.15) is 57.5 Å². The van der Waals surface area contributed by atoms with Crippen LogP contribution in [0.5, 0.6) is 11.5 Å². The van der Waals surface area contributed by atoms with Crippen LogP contribution in [0.4, 0.5) is 14.9 Å². The van der Waals surface area contributed by atoms with E-state index in [0.29, 0.717) is 67.4 Å². The van der Waals surface area contributed by atoms with Crippen molar-refractivity contribution in [1.82, 2.24) is 9.88 Å². The number of amides is 1. The van der Waals surface area contributed by atoms with Crippen LogP contribution in [0.25, 0.3) is 0 Å². The number of methoxy groups -OCH3 is 1. The second-order valence-electron chi connectivity index (χ2n) is 13.2. The molecule has 4 aromatic rings. The summed E-state index contributed by atoms with van der Waals surface area (Å²) in [5, 5.41) is 0.693. The fraction of sp³-hybridized carbons (Fsp3) is 0.395. The number of thiophene rings is 1. The smallest absolute Gasteiger partial charge is 0.415 e. The van der Waals surface area contributed by atoms with E-state index in [0.717, 1.165) is 50.1 Å². The topological polar surface area (TPSA) is 90.4 Å². The SMILES string of the molecule is COc1ccc(C(Cc2c(Cl)cncc2Cl)OC(=O)c2ccc(CN(C(=O)O[C@H]3CN4CCC3CC4)c3ccccc3F)s2)cc1OCC1CC1. The number of esters is 1. The van der Waals surface area contributed by atoms with Crippen molar-refractivity contribution in [3.63, 3.8) is 0 Å². The highest BCUT2D eigenvalue weighted by Gasteiger charge is 2.38. The zero-order valence-electron chi connectivity index (χ0n) is 28.1. The van der Waals surface area contributed by atoms with E-state index in [4.69, 9.17) is 42.1 Å². The molecule has 8 rings (SSSR count). The van der Waals surface area contributed by atoms with Gasteiger partial charge >= 0.3 is 12.1 Å². The van der Waals surface area contributed by atoms with Crippen molar-refractivity contribution in [2.24, 2.45) is 11.8 Å². The number of ether oxygens (including phenoxy) is 4. The third kappa shape index (κ3) is 8.43. The number of hydrogen-bond donors (Lipinski definition) is 0. The van der Waals surface area contributed by atoms with E-state index in [-0.39, 0.29) is 24.8 Å². The molecule has 2 aromatic heterocycles. The molecule has 268 valence electrons. The van der Waals surface area contributed by atoms with E-state index in [1.807, 2.05) is 12.1 Å². The minimum absolute atomic E-state index is 0.00461. The number of anilines is 1. The number of halogens is 3. The zero-order chi connectivity index (χ0) is 35.5. The Balaban J connectivity index is 1.12. The van der Waals surface area contributed by atoms with Gasteiger partial charge in [0.15, 0.2) is 11.5 Å². The Morgan fingerprint density at radius 2 is 1.78 bits per heavy atom. The Hall–Kier alpha value is -3.90. The van der Waals surface area contributed by atoms with E-state index in [1.54, 1.807) is 43.5 Å². The molecule has 0 radical (unpaired) electrons. The third-order valence-corrected chi connectivity index (χ3v) is 11.4. The lowest BCUT2D eigenvalue weighted by Crippen LogP contribution is -2.53. The molecule has 1 unspecified atom stereocenters. The Labute approximate surface area is 310 Å². The Bertz CT molecular complexity index is 1860. The molecule has 5 heterocycles. The minimum atomic E-state index is -0.805. The fourth-order valence-corrected chi connectivity index (χ4v) is 8.02. The van der Waals surface area contributed by atoms with E-state index >= 15 is 4.39 Å². The summed E-state index contributed by atoms with van der Waals surface area (Å²) in [5.74, 6) is 0.800. The number of rotatable bonds is 13. The van der Waals surface area contributed by atoms with Crippen molar-refractivity contribution in [3.05, 3.63) is 104 Å². The predicted molar refractivity (Wildman–Crippen MR) is 194 cm³/mol. The van der Waals surface area contributed by atoms with Gasteiger partial charge in [-0.3, -0.25) is 14.8 Å². The standard InChI is InChI=1S/C38H38Cl2FN3O6S/c1-47-32-10-8-25(16-34(32)48-22-23-6-7-23)33(17-27-28(39)18-42-19-29(27)40)49-37(45)36-11-9-26(51-36)20-44(31-5-3-2-4-30(31)41)38(46)50-35-21-43-14-12-24(35)13-15-43/h2-5,8-11,16,18-19,23-24,33,35H,6-7,12-15,17,20-22H2,1H3/t33?,35-/m0/s1. The summed E-state index contributed by atoms with van der Waals surface area (Å²) in [4.78, 5) is 36.1. The Morgan fingerprint density at radius 1 is 1.02 bits per heavy atom. The van der Waals surface area contributed by atoms with E-state index in [9.17, 15) is 9.59 Å². The van der Waals surface area contributed by atoms with Crippen LogP contribution in [0.2, 0.25) is 10.0 Å². The summed E-state index contributed by atoms with van der Waals surface area (Å²) in [6.07, 6.45) is 5.68. The van der Waals surface area contributed by atoms with Gasteiger partial charge in [-0.1, -0.05) is 41.4 Å². The summed E-state index contributed by atoms with van der Waals surface area (Å²) in [6.45, 7) is 3.25. The molecule has 1 aliphatic carbocycles. The first kappa shape index (κ1) is 35.5. The van der Waals surface area contributed by atoms with Gasteiger partial charge < -0.3 is 18.9 Å². The number of carbonyl (C=O) groups excluding carboxylic acids is 2. The molecule has 9 nitrogen and oxygen atoms in total. The molecular formula is C38H38Cl2FN3O6S. The largest absolute Gasteiger partial charge is 0.493 e. The van der Waals surface area contributed by atoms with Gasteiger partial charge in [-0.05, 0) is 98.1 Å². The van der Waals surface area contributed by atoms with Crippen molar-refractivity contribution in [2.45, 2.75) is 50.9 Å². The number of benzene rings is 2. The molecule has 13 heteroatoms. The van der Waals surface area contributed by atoms with E-state index in [1.165, 1.54) is 23.4 Å². The summed E-state index contributed by atoms with van der Waals surface area (Å²) in [5.41, 5.74) is 1.35. The van der Waals surface area contributed by atoms with Gasteiger partial charge in [-0.25, -0.2) is 14.0 Å². The monoisotopic (exact) mass is 753 g/mol. The molecule has 4 fully saturated rings. The lowest BCUT2D eigenvalue weighted by Gasteiger charge is -2.44. The fourth-order valence-electron chi connectivity index (χ4n) is 6.62. The number of pyridine rings is 1. The molecule has 51 heavy (non-hydrogen) atoms. The number of hydrogen-bond acceptors (Lipinski definition) is 9. The first-order chi connectivity index (χ1) is 24.7. The molecule has 4 aliphatic rings. The second kappa shape index (κ2) is 15.8. The Morgan fingerprint density at radius 3 is 2.47 bits per heavy atom. The normalized spacial score (nSPS) is 20.0. The van der Waals surface area contributed by atoms with Gasteiger partial charge in [0, 0.05) is 30.2 Å². The van der Waals surface area contributed by atoms with Crippen LogP contribution in [0.15, 0.2) is 67.0 Å². The van der Waals surface area contributed by atoms with Gasteiger partial charge in [-0.15, -0.1) is 11.3 Å². The highest BCUT2D eigenvalue weighted by molar-refractivity contribution is 7.14. The van der Waals surface area contributed by atoms with Crippen LogP contribution in [0.3, 0.4) is 0 Å². The van der Waals surface area contributed by atoms with Gasteiger partial charge in [0.2, 0.25) is 0 Å². The average molecular weight is 755 g/mol. The van der Waals surface area contributed by atoms with Gasteiger partial charge in [-0.2, -0.15) is 0 Å². The lowest BCUT2D eigenvalue weighted by molar-refractivity contribution is -0.0311. The summed E-state index contributed by atoms with van der Waals surface area (Å²) in [6, 6.07) is 14.9. The van der Waals surface area contributed by atoms with Crippen molar-refractivity contribution >= 4 is 52.3 Å². The molecule has 0 N–H and O–H groups in total. The summed E-state index contributed by atoms with van der Waals surface area (Å²) >= 11 is 14.2. The number of aromatic nitrogens is 1. The zero-order valence-corrected chi connectivity index (χ0v) is 30.4. The molecule has 2 bridgehead atoms. The molecular weight excluding hydrogens is 716 g/mol. The molecule has 0 spiro atoms. The Kier molecular flexibility index (Phi) is 11.0. The first-order valence-corrected chi connectivity index (χ1v) is 18.7. The van der Waals surface area contributed by atoms with E-state index in [2.05, 4.69) is 9.88 Å². The maximum Gasteiger partial charge on any atom is 0.415 e. The van der Waals surface area contributed by atoms with Crippen LogP contribution in [-0.2, 0) is 22.4 Å². The minimum Gasteiger partial charge on any atom is -0.493 e. The van der Waals surface area contributed by atoms with Gasteiger partial charge in [0.05, 0.1) is 36.0 Å². The van der Waals surface area contributed by atoms with E-state index < -0.39 is 24.0 Å². The lowest BCUT2D eigenvalue weighted by atomic mass is 9.86. The highest BCUT2D eigenvalue weighted by Crippen LogP contribution is 2.38. The second-order valence-corrected chi connectivity index (χ2v) is 15.2. The summed E-state index contributed by atoms with van der Waals surface area (Å²) < 4.78 is 38.9. The maximum atomic E-state index is 15.1. The molecule has 2 atom stereocenters. The quantitative estimate of drug-likeness (QED) is 0.125. The van der Waals surface area contributed by atoms with Crippen LogP contribution < -0.4 is 14.4 Å². The average Bonchev–Trinajstić information content (AvgIpc) is 3.86. The third-order valence-electron chi connectivity index (χ3n) is 9.71. The molecule has 2 aromatic carbocycles. The molecule has 1 amide bonds. The van der Waals surface area contributed by atoms with Gasteiger partial charge in [0.1, 0.15) is 22.9 Å². The van der Waals surface area contributed by atoms with Crippen molar-refractivity contribution < 1.29 is 32.9 Å². The molecule has 3 aliphatic heterocycles. The summed E-state index contributed by atoms with van der Waals surface area (Å²) in [7, 11) is 1.58. The number of para-hydroxylation sites is 1. The van der Waals surface area contributed by atoms with Crippen LogP contribution >= 0.6 is 34.5 Å². The van der Waals surface area contributed by atoms with Crippen LogP contribution in [0, 0.1) is 17.7 Å². The molecule has 3 saturated heterocycles. The number of piperidine rings is 3. The van der Waals surface area contributed by atoms with Crippen molar-refractivity contribution in [1.29, 1.82) is 0 Å². The first-order valence-electron chi connectivity index (χ1n) is 17.1. The highest BCUT2D eigenvalue weighted by atomic mass is 35.5. The van der Waals surface area contributed by atoms with Gasteiger partial charge in [0.25, 0.3) is 0 Å². The predicted octanol–water partition coefficient (Wildman–Crippen LogP) is 8.76. The van der Waals surface area contributed by atoms with Crippen molar-refractivity contribution in [2.75, 3.05) is 38.3 Å². The van der Waals surface area contributed by atoms with Crippen molar-refractivity contribution in [3.8, 4) is 11.5 Å². The number of carbonyl (C=O) groups is 2.